The van der Waals surface area contributed by atoms with Gasteiger partial charge in [-0.05, 0) is 24.3 Å². The van der Waals surface area contributed by atoms with Gasteiger partial charge in [0.2, 0.25) is 5.91 Å². The number of nitrogens with one attached hydrogen (secondary N) is 1. The van der Waals surface area contributed by atoms with E-state index in [1.807, 2.05) is 42.2 Å². The number of anilines is 1. The average Bonchev–Trinajstić information content (AvgIpc) is 2.79. The molecule has 8 heteroatoms. The van der Waals surface area contributed by atoms with Gasteiger partial charge in [-0.1, -0.05) is 24.3 Å². The van der Waals surface area contributed by atoms with Crippen LogP contribution in [0.15, 0.2) is 64.6 Å². The van der Waals surface area contributed by atoms with Crippen LogP contribution in [0.4, 0.5) is 5.82 Å². The Hall–Kier alpha value is -2.74. The van der Waals surface area contributed by atoms with Crippen molar-refractivity contribution in [3.63, 3.8) is 0 Å². The van der Waals surface area contributed by atoms with Crippen molar-refractivity contribution >= 4 is 29.4 Å². The lowest BCUT2D eigenvalue weighted by Gasteiger charge is -2.37. The third kappa shape index (κ3) is 6.66. The molecule has 1 aliphatic heterocycles. The van der Waals surface area contributed by atoms with Crippen molar-refractivity contribution in [2.75, 3.05) is 64.0 Å². The number of benzene rings is 1. The van der Waals surface area contributed by atoms with Crippen LogP contribution in [-0.4, -0.2) is 85.8 Å². The summed E-state index contributed by atoms with van der Waals surface area (Å²) in [6, 6.07) is 16.4. The SMILES string of the molecule is CN(C)C(=O)CN=C(NCCSc1ccccc1)N1CCN(c2ccccn2)CC1. The van der Waals surface area contributed by atoms with E-state index in [2.05, 4.69) is 49.4 Å². The highest BCUT2D eigenvalue weighted by Gasteiger charge is 2.21. The van der Waals surface area contributed by atoms with Gasteiger partial charge >= 0.3 is 0 Å². The number of aromatic nitrogens is 1. The highest BCUT2D eigenvalue weighted by Crippen LogP contribution is 2.16. The smallest absolute Gasteiger partial charge is 0.243 e. The third-order valence-corrected chi connectivity index (χ3v) is 5.83. The molecule has 7 nitrogen and oxygen atoms in total. The standard InChI is InChI=1S/C22H30N6OS/c1-26(2)21(29)18-25-22(24-12-17-30-19-8-4-3-5-9-19)28-15-13-27(14-16-28)20-10-6-7-11-23-20/h3-11H,12-18H2,1-2H3,(H,24,25). The molecule has 2 heterocycles. The molecular weight excluding hydrogens is 396 g/mol. The van der Waals surface area contributed by atoms with Crippen molar-refractivity contribution in [1.29, 1.82) is 0 Å². The Bertz CT molecular complexity index is 807. The summed E-state index contributed by atoms with van der Waals surface area (Å²) in [6.07, 6.45) is 1.83. The molecule has 0 bridgehead atoms. The molecule has 2 aromatic rings. The van der Waals surface area contributed by atoms with E-state index in [1.54, 1.807) is 19.0 Å². The third-order valence-electron chi connectivity index (χ3n) is 4.81. The molecule has 0 unspecified atom stereocenters. The summed E-state index contributed by atoms with van der Waals surface area (Å²) in [5.74, 6) is 2.74. The van der Waals surface area contributed by atoms with Crippen LogP contribution in [0.2, 0.25) is 0 Å². The molecule has 1 fully saturated rings. The summed E-state index contributed by atoms with van der Waals surface area (Å²) < 4.78 is 0. The molecule has 1 N–H and O–H groups in total. The first-order chi connectivity index (χ1) is 14.6. The van der Waals surface area contributed by atoms with Gasteiger partial charge in [-0.25, -0.2) is 9.98 Å². The van der Waals surface area contributed by atoms with Gasteiger partial charge in [0, 0.05) is 63.7 Å². The number of carbonyl (C=O) groups is 1. The van der Waals surface area contributed by atoms with E-state index in [0.29, 0.717) is 0 Å². The Kier molecular flexibility index (Phi) is 8.38. The largest absolute Gasteiger partial charge is 0.355 e. The molecular formula is C22H30N6OS. The number of nitrogens with zero attached hydrogens (tertiary/aromatic N) is 5. The second kappa shape index (κ2) is 11.4. The van der Waals surface area contributed by atoms with Gasteiger partial charge < -0.3 is 20.0 Å². The fraction of sp³-hybridized carbons (Fsp3) is 0.409. The minimum atomic E-state index is 0.0000760. The quantitative estimate of drug-likeness (QED) is 0.316. The minimum Gasteiger partial charge on any atom is -0.355 e. The molecule has 0 aliphatic carbocycles. The van der Waals surface area contributed by atoms with Gasteiger partial charge in [0.1, 0.15) is 12.4 Å². The number of amides is 1. The van der Waals surface area contributed by atoms with Gasteiger partial charge in [0.25, 0.3) is 0 Å². The van der Waals surface area contributed by atoms with Crippen molar-refractivity contribution in [3.05, 3.63) is 54.7 Å². The van der Waals surface area contributed by atoms with Crippen molar-refractivity contribution in [2.45, 2.75) is 4.90 Å². The van der Waals surface area contributed by atoms with Crippen LogP contribution in [0, 0.1) is 0 Å². The number of aliphatic imine (C=N–C) groups is 1. The van der Waals surface area contributed by atoms with E-state index >= 15 is 0 Å². The lowest BCUT2D eigenvalue weighted by molar-refractivity contribution is -0.127. The fourth-order valence-corrected chi connectivity index (χ4v) is 3.88. The summed E-state index contributed by atoms with van der Waals surface area (Å²) >= 11 is 1.81. The van der Waals surface area contributed by atoms with Crippen molar-refractivity contribution in [2.24, 2.45) is 4.99 Å². The summed E-state index contributed by atoms with van der Waals surface area (Å²) in [5.41, 5.74) is 0. The predicted octanol–water partition coefficient (Wildman–Crippen LogP) is 2.03. The van der Waals surface area contributed by atoms with Crippen LogP contribution in [0.1, 0.15) is 0 Å². The van der Waals surface area contributed by atoms with Crippen LogP contribution in [0.3, 0.4) is 0 Å². The number of pyridine rings is 1. The Morgan fingerprint density at radius 2 is 1.83 bits per heavy atom. The predicted molar refractivity (Wildman–Crippen MR) is 124 cm³/mol. The Balaban J connectivity index is 1.55. The molecule has 1 saturated heterocycles. The fourth-order valence-electron chi connectivity index (χ4n) is 3.09. The number of rotatable bonds is 7. The number of hydrogen-bond donors (Lipinski definition) is 1. The lowest BCUT2D eigenvalue weighted by Crippen LogP contribution is -2.53. The van der Waals surface area contributed by atoms with E-state index in [9.17, 15) is 4.79 Å². The highest BCUT2D eigenvalue weighted by atomic mass is 32.2. The number of thioether (sulfide) groups is 1. The zero-order chi connectivity index (χ0) is 21.2. The maximum Gasteiger partial charge on any atom is 0.243 e. The number of piperazine rings is 1. The second-order valence-corrected chi connectivity index (χ2v) is 8.35. The van der Waals surface area contributed by atoms with E-state index in [4.69, 9.17) is 0 Å². The number of likely N-dealkylation sites (N-methyl/N-ethyl adjacent to an activating group) is 1. The van der Waals surface area contributed by atoms with E-state index in [0.717, 1.165) is 50.3 Å². The lowest BCUT2D eigenvalue weighted by atomic mass is 10.3. The molecule has 1 aromatic carbocycles. The summed E-state index contributed by atoms with van der Waals surface area (Å²) in [6.45, 7) is 4.36. The van der Waals surface area contributed by atoms with Crippen LogP contribution in [0.25, 0.3) is 0 Å². The first-order valence-corrected chi connectivity index (χ1v) is 11.2. The minimum absolute atomic E-state index is 0.0000760. The molecule has 1 aromatic heterocycles. The summed E-state index contributed by atoms with van der Waals surface area (Å²) in [5, 5.41) is 3.46. The highest BCUT2D eigenvalue weighted by molar-refractivity contribution is 7.99. The summed E-state index contributed by atoms with van der Waals surface area (Å²) in [4.78, 5) is 28.4. The molecule has 0 spiro atoms. The van der Waals surface area contributed by atoms with Crippen LogP contribution in [0.5, 0.6) is 0 Å². The maximum absolute atomic E-state index is 12.0. The van der Waals surface area contributed by atoms with Gasteiger partial charge in [-0.3, -0.25) is 4.79 Å². The number of carbonyl (C=O) groups excluding carboxylic acids is 1. The maximum atomic E-state index is 12.0. The van der Waals surface area contributed by atoms with Crippen LogP contribution >= 0.6 is 11.8 Å². The van der Waals surface area contributed by atoms with Gasteiger partial charge in [-0.2, -0.15) is 0 Å². The Morgan fingerprint density at radius 3 is 2.50 bits per heavy atom. The first kappa shape index (κ1) is 22.0. The first-order valence-electron chi connectivity index (χ1n) is 10.2. The molecule has 1 amide bonds. The Morgan fingerprint density at radius 1 is 1.10 bits per heavy atom. The summed E-state index contributed by atoms with van der Waals surface area (Å²) in [7, 11) is 3.51. The molecule has 30 heavy (non-hydrogen) atoms. The zero-order valence-corrected chi connectivity index (χ0v) is 18.5. The van der Waals surface area contributed by atoms with E-state index in [1.165, 1.54) is 4.90 Å². The van der Waals surface area contributed by atoms with Crippen LogP contribution < -0.4 is 10.2 Å². The number of hydrogen-bond acceptors (Lipinski definition) is 5. The van der Waals surface area contributed by atoms with Crippen molar-refractivity contribution in [1.82, 2.24) is 20.1 Å². The van der Waals surface area contributed by atoms with Gasteiger partial charge in [-0.15, -0.1) is 11.8 Å². The monoisotopic (exact) mass is 426 g/mol. The normalized spacial score (nSPS) is 14.5. The molecule has 160 valence electrons. The Labute approximate surface area is 183 Å². The molecule has 0 saturated carbocycles. The van der Waals surface area contributed by atoms with Crippen molar-refractivity contribution < 1.29 is 4.79 Å². The number of guanidine groups is 1. The molecule has 0 atom stereocenters. The molecule has 1 aliphatic rings. The topological polar surface area (TPSA) is 64.1 Å². The van der Waals surface area contributed by atoms with Crippen LogP contribution in [-0.2, 0) is 4.79 Å². The van der Waals surface area contributed by atoms with Crippen molar-refractivity contribution in [3.8, 4) is 0 Å². The van der Waals surface area contributed by atoms with E-state index in [-0.39, 0.29) is 12.5 Å². The molecule has 3 rings (SSSR count). The second-order valence-electron chi connectivity index (χ2n) is 7.18. The van der Waals surface area contributed by atoms with Gasteiger partial charge in [0.05, 0.1) is 0 Å². The van der Waals surface area contributed by atoms with Gasteiger partial charge in [0.15, 0.2) is 5.96 Å². The molecule has 0 radical (unpaired) electrons. The van der Waals surface area contributed by atoms with E-state index < -0.39 is 0 Å². The zero-order valence-electron chi connectivity index (χ0n) is 17.7. The average molecular weight is 427 g/mol.